The van der Waals surface area contributed by atoms with Gasteiger partial charge in [0.1, 0.15) is 24.0 Å². The van der Waals surface area contributed by atoms with E-state index < -0.39 is 33.1 Å². The van der Waals surface area contributed by atoms with E-state index in [4.69, 9.17) is 16.3 Å². The molecular weight excluding hydrogens is 366 g/mol. The van der Waals surface area contributed by atoms with Gasteiger partial charge in [-0.1, -0.05) is 11.6 Å². The maximum absolute atomic E-state index is 14.0. The average molecular weight is 377 g/mol. The van der Waals surface area contributed by atoms with Crippen LogP contribution in [0.2, 0.25) is 5.02 Å². The smallest absolute Gasteiger partial charge is 0.267 e. The number of benzene rings is 1. The number of amides is 1. The molecule has 0 aliphatic carbocycles. The fourth-order valence-corrected chi connectivity index (χ4v) is 2.34. The lowest BCUT2D eigenvalue weighted by atomic mass is 10.1. The molecule has 6 nitrogen and oxygen atoms in total. The van der Waals surface area contributed by atoms with Crippen LogP contribution in [0.4, 0.5) is 8.78 Å². The highest BCUT2D eigenvalue weighted by atomic mass is 35.5. The molecule has 1 N–H and O–H groups in total. The first-order valence-electron chi connectivity index (χ1n) is 6.39. The van der Waals surface area contributed by atoms with Crippen molar-refractivity contribution in [2.75, 3.05) is 6.26 Å². The van der Waals surface area contributed by atoms with Gasteiger partial charge in [0, 0.05) is 17.8 Å². The summed E-state index contributed by atoms with van der Waals surface area (Å²) >= 11 is 5.72. The zero-order valence-electron chi connectivity index (χ0n) is 12.2. The topological polar surface area (TPSA) is 85.4 Å². The van der Waals surface area contributed by atoms with Crippen LogP contribution in [0.3, 0.4) is 0 Å². The van der Waals surface area contributed by atoms with Crippen LogP contribution in [0.1, 0.15) is 15.9 Å². The van der Waals surface area contributed by atoms with Crippen LogP contribution in [-0.2, 0) is 16.6 Å². The van der Waals surface area contributed by atoms with Crippen molar-refractivity contribution in [3.05, 3.63) is 58.4 Å². The van der Waals surface area contributed by atoms with Gasteiger partial charge in [-0.05, 0) is 12.1 Å². The third-order valence-corrected chi connectivity index (χ3v) is 3.50. The second-order valence-electron chi connectivity index (χ2n) is 4.75. The molecular formula is C14H11ClF2N2O4S. The standard InChI is InChI=1S/C14H11ClF2N2O4S/c1-24(21,22)19-14(20)11-4-12(16)8(2-13(11)17)7-23-10-3-9(15)5-18-6-10/h2-6H,7H2,1H3,(H,19,20). The first kappa shape index (κ1) is 18.1. The summed E-state index contributed by atoms with van der Waals surface area (Å²) in [7, 11) is -3.89. The predicted octanol–water partition coefficient (Wildman–Crippen LogP) is 2.28. The Hall–Kier alpha value is -2.26. The summed E-state index contributed by atoms with van der Waals surface area (Å²) in [5.41, 5.74) is -0.894. The van der Waals surface area contributed by atoms with Crippen molar-refractivity contribution in [2.45, 2.75) is 6.61 Å². The zero-order valence-corrected chi connectivity index (χ0v) is 13.8. The number of hydrogen-bond acceptors (Lipinski definition) is 5. The van der Waals surface area contributed by atoms with Gasteiger partial charge in [-0.2, -0.15) is 0 Å². The maximum Gasteiger partial charge on any atom is 0.267 e. The molecule has 128 valence electrons. The summed E-state index contributed by atoms with van der Waals surface area (Å²) in [5, 5.41) is 0.312. The van der Waals surface area contributed by atoms with Crippen molar-refractivity contribution in [1.29, 1.82) is 0 Å². The Labute approximate surface area is 141 Å². The number of nitrogens with zero attached hydrogens (tertiary/aromatic N) is 1. The van der Waals surface area contributed by atoms with Crippen molar-refractivity contribution in [2.24, 2.45) is 0 Å². The number of pyridine rings is 1. The van der Waals surface area contributed by atoms with Gasteiger partial charge >= 0.3 is 0 Å². The van der Waals surface area contributed by atoms with Crippen LogP contribution in [0.5, 0.6) is 5.75 Å². The third kappa shape index (κ3) is 4.87. The Morgan fingerprint density at radius 3 is 2.58 bits per heavy atom. The molecule has 2 rings (SSSR count). The Balaban J connectivity index is 2.19. The molecule has 1 aromatic carbocycles. The minimum atomic E-state index is -3.89. The highest BCUT2D eigenvalue weighted by Gasteiger charge is 2.19. The van der Waals surface area contributed by atoms with Crippen molar-refractivity contribution in [1.82, 2.24) is 9.71 Å². The molecule has 0 aliphatic heterocycles. The molecule has 1 heterocycles. The number of nitrogens with one attached hydrogen (secondary N) is 1. The molecule has 2 aromatic rings. The number of rotatable bonds is 5. The fraction of sp³-hybridized carbons (Fsp3) is 0.143. The van der Waals surface area contributed by atoms with E-state index in [1.807, 2.05) is 0 Å². The second-order valence-corrected chi connectivity index (χ2v) is 6.94. The highest BCUT2D eigenvalue weighted by Crippen LogP contribution is 2.20. The van der Waals surface area contributed by atoms with Crippen LogP contribution in [-0.4, -0.2) is 25.6 Å². The third-order valence-electron chi connectivity index (χ3n) is 2.73. The van der Waals surface area contributed by atoms with Crippen molar-refractivity contribution >= 4 is 27.5 Å². The molecule has 0 saturated heterocycles. The summed E-state index contributed by atoms with van der Waals surface area (Å²) in [6, 6.07) is 2.80. The first-order chi connectivity index (χ1) is 11.2. The fourth-order valence-electron chi connectivity index (χ4n) is 1.73. The zero-order chi connectivity index (χ0) is 17.9. The molecule has 0 radical (unpaired) electrons. The van der Waals surface area contributed by atoms with Gasteiger partial charge in [0.15, 0.2) is 0 Å². The highest BCUT2D eigenvalue weighted by molar-refractivity contribution is 7.89. The lowest BCUT2D eigenvalue weighted by Gasteiger charge is -2.10. The minimum Gasteiger partial charge on any atom is -0.487 e. The SMILES string of the molecule is CS(=O)(=O)NC(=O)c1cc(F)c(COc2cncc(Cl)c2)cc1F. The van der Waals surface area contributed by atoms with E-state index >= 15 is 0 Å². The maximum atomic E-state index is 14.0. The Bertz CT molecular complexity index is 890. The van der Waals surface area contributed by atoms with E-state index in [0.717, 1.165) is 12.3 Å². The molecule has 24 heavy (non-hydrogen) atoms. The van der Waals surface area contributed by atoms with Crippen LogP contribution in [0.25, 0.3) is 0 Å². The van der Waals surface area contributed by atoms with E-state index in [9.17, 15) is 22.0 Å². The number of carbonyl (C=O) groups is 1. The monoisotopic (exact) mass is 376 g/mol. The van der Waals surface area contributed by atoms with Crippen LogP contribution in [0, 0.1) is 11.6 Å². The van der Waals surface area contributed by atoms with Crippen LogP contribution >= 0.6 is 11.6 Å². The molecule has 0 spiro atoms. The van der Waals surface area contributed by atoms with E-state index in [2.05, 4.69) is 4.98 Å². The molecule has 1 aromatic heterocycles. The second kappa shape index (κ2) is 7.10. The summed E-state index contributed by atoms with van der Waals surface area (Å²) in [4.78, 5) is 15.4. The normalized spacial score (nSPS) is 11.2. The Morgan fingerprint density at radius 2 is 1.96 bits per heavy atom. The van der Waals surface area contributed by atoms with Gasteiger partial charge in [-0.15, -0.1) is 0 Å². The minimum absolute atomic E-state index is 0.164. The van der Waals surface area contributed by atoms with Gasteiger partial charge in [0.25, 0.3) is 5.91 Å². The Kier molecular flexibility index (Phi) is 5.35. The molecule has 10 heteroatoms. The van der Waals surface area contributed by atoms with E-state index in [-0.39, 0.29) is 17.9 Å². The quantitative estimate of drug-likeness (QED) is 0.865. The lowest BCUT2D eigenvalue weighted by molar-refractivity contribution is 0.0977. The van der Waals surface area contributed by atoms with Crippen molar-refractivity contribution < 1.29 is 26.7 Å². The molecule has 0 saturated carbocycles. The van der Waals surface area contributed by atoms with E-state index in [1.165, 1.54) is 18.5 Å². The van der Waals surface area contributed by atoms with Crippen molar-refractivity contribution in [3.63, 3.8) is 0 Å². The lowest BCUT2D eigenvalue weighted by Crippen LogP contribution is -2.30. The van der Waals surface area contributed by atoms with Crippen molar-refractivity contribution in [3.8, 4) is 5.75 Å². The molecule has 1 amide bonds. The summed E-state index contributed by atoms with van der Waals surface area (Å²) in [5.74, 6) is -3.02. The number of ether oxygens (including phenoxy) is 1. The Morgan fingerprint density at radius 1 is 1.25 bits per heavy atom. The van der Waals surface area contributed by atoms with Gasteiger partial charge in [0.05, 0.1) is 23.0 Å². The number of sulfonamides is 1. The van der Waals surface area contributed by atoms with E-state index in [0.29, 0.717) is 11.1 Å². The average Bonchev–Trinajstić information content (AvgIpc) is 2.46. The number of halogens is 3. The van der Waals surface area contributed by atoms with Gasteiger partial charge in [0.2, 0.25) is 10.0 Å². The molecule has 0 fully saturated rings. The molecule has 0 unspecified atom stereocenters. The van der Waals surface area contributed by atoms with E-state index in [1.54, 1.807) is 4.72 Å². The van der Waals surface area contributed by atoms with Crippen LogP contribution in [0.15, 0.2) is 30.6 Å². The van der Waals surface area contributed by atoms with Crippen LogP contribution < -0.4 is 9.46 Å². The molecule has 0 atom stereocenters. The van der Waals surface area contributed by atoms with Gasteiger partial charge < -0.3 is 4.74 Å². The number of aromatic nitrogens is 1. The first-order valence-corrected chi connectivity index (χ1v) is 8.66. The van der Waals surface area contributed by atoms with Gasteiger partial charge in [-0.25, -0.2) is 21.9 Å². The van der Waals surface area contributed by atoms with Gasteiger partial charge in [-0.3, -0.25) is 9.78 Å². The summed E-state index contributed by atoms with van der Waals surface area (Å²) in [6.07, 6.45) is 3.44. The molecule has 0 bridgehead atoms. The number of carbonyl (C=O) groups excluding carboxylic acids is 1. The largest absolute Gasteiger partial charge is 0.487 e. The number of hydrogen-bond donors (Lipinski definition) is 1. The molecule has 0 aliphatic rings. The predicted molar refractivity (Wildman–Crippen MR) is 82.2 cm³/mol. The summed E-state index contributed by atoms with van der Waals surface area (Å²) in [6.45, 7) is -0.335. The summed E-state index contributed by atoms with van der Waals surface area (Å²) < 4.78 is 56.7.